The zero-order valence-electron chi connectivity index (χ0n) is 11.6. The number of pyridine rings is 1. The maximum atomic E-state index is 11.6. The number of hydrogen-bond donors (Lipinski definition) is 3. The van der Waals surface area contributed by atoms with Gasteiger partial charge in [-0.1, -0.05) is 6.92 Å². The quantitative estimate of drug-likeness (QED) is 0.772. The molecule has 0 aliphatic rings. The van der Waals surface area contributed by atoms with Crippen LogP contribution < -0.4 is 10.6 Å². The summed E-state index contributed by atoms with van der Waals surface area (Å²) in [6.07, 6.45) is 4.27. The Bertz CT molecular complexity index is 553. The lowest BCUT2D eigenvalue weighted by Crippen LogP contribution is -2.37. The fraction of sp³-hybridized carbons (Fsp3) is 0.385. The molecule has 2 aromatic heterocycles. The van der Waals surface area contributed by atoms with Crippen molar-refractivity contribution in [3.05, 3.63) is 30.4 Å². The second-order valence-corrected chi connectivity index (χ2v) is 4.40. The third kappa shape index (κ3) is 3.53. The van der Waals surface area contributed by atoms with Crippen LogP contribution in [-0.4, -0.2) is 32.7 Å². The van der Waals surface area contributed by atoms with Gasteiger partial charge in [-0.15, -0.1) is 0 Å². The molecule has 106 valence electrons. The van der Waals surface area contributed by atoms with Gasteiger partial charge in [-0.05, 0) is 25.5 Å². The Morgan fingerprint density at radius 2 is 2.15 bits per heavy atom. The number of amides is 2. The normalized spacial score (nSPS) is 11.9. The zero-order chi connectivity index (χ0) is 14.4. The van der Waals surface area contributed by atoms with Crippen molar-refractivity contribution < 1.29 is 4.79 Å². The van der Waals surface area contributed by atoms with E-state index in [4.69, 9.17) is 0 Å². The van der Waals surface area contributed by atoms with Gasteiger partial charge in [0.05, 0.1) is 6.04 Å². The summed E-state index contributed by atoms with van der Waals surface area (Å²) < 4.78 is 0. The zero-order valence-corrected chi connectivity index (χ0v) is 11.6. The minimum Gasteiger partial charge on any atom is -0.338 e. The first kappa shape index (κ1) is 14.0. The molecular formula is C13H18N6O. The standard InChI is InChI=1S/C13H18N6O/c1-3-6-15-13(20)16-9(2)11-17-12(19-18-11)10-4-7-14-8-5-10/h4-5,7-9H,3,6H2,1-2H3,(H2,15,16,20)(H,17,18,19). The largest absolute Gasteiger partial charge is 0.338 e. The number of hydrogen-bond acceptors (Lipinski definition) is 4. The molecule has 3 N–H and O–H groups in total. The summed E-state index contributed by atoms with van der Waals surface area (Å²) >= 11 is 0. The molecule has 2 aromatic rings. The molecule has 0 fully saturated rings. The smallest absolute Gasteiger partial charge is 0.315 e. The Labute approximate surface area is 117 Å². The van der Waals surface area contributed by atoms with Crippen molar-refractivity contribution >= 4 is 6.03 Å². The van der Waals surface area contributed by atoms with Gasteiger partial charge in [0.25, 0.3) is 0 Å². The molecule has 2 amide bonds. The van der Waals surface area contributed by atoms with E-state index in [0.717, 1.165) is 12.0 Å². The van der Waals surface area contributed by atoms with Crippen LogP contribution in [0.25, 0.3) is 11.4 Å². The minimum atomic E-state index is -0.241. The molecule has 7 nitrogen and oxygen atoms in total. The molecule has 1 unspecified atom stereocenters. The first-order valence-electron chi connectivity index (χ1n) is 6.57. The van der Waals surface area contributed by atoms with Crippen LogP contribution in [-0.2, 0) is 0 Å². The Morgan fingerprint density at radius 1 is 1.40 bits per heavy atom. The number of rotatable bonds is 5. The summed E-state index contributed by atoms with van der Waals surface area (Å²) in [5, 5.41) is 12.5. The molecule has 1 atom stereocenters. The molecule has 7 heteroatoms. The van der Waals surface area contributed by atoms with Gasteiger partial charge in [0.2, 0.25) is 0 Å². The van der Waals surface area contributed by atoms with Crippen LogP contribution in [0.1, 0.15) is 32.1 Å². The SMILES string of the molecule is CCCNC(=O)NC(C)c1nc(-c2ccncc2)n[nH]1. The highest BCUT2D eigenvalue weighted by Gasteiger charge is 2.14. The van der Waals surface area contributed by atoms with Crippen molar-refractivity contribution in [3.63, 3.8) is 0 Å². The highest BCUT2D eigenvalue weighted by atomic mass is 16.2. The Kier molecular flexibility index (Phi) is 4.65. The topological polar surface area (TPSA) is 95.6 Å². The van der Waals surface area contributed by atoms with E-state index in [2.05, 4.69) is 30.8 Å². The fourth-order valence-electron chi connectivity index (χ4n) is 1.65. The predicted octanol–water partition coefficient (Wildman–Crippen LogP) is 1.64. The number of H-pyrrole nitrogens is 1. The van der Waals surface area contributed by atoms with Gasteiger partial charge in [-0.25, -0.2) is 9.78 Å². The van der Waals surface area contributed by atoms with Crippen molar-refractivity contribution in [1.29, 1.82) is 0 Å². The third-order valence-electron chi connectivity index (χ3n) is 2.73. The molecule has 0 saturated heterocycles. The summed E-state index contributed by atoms with van der Waals surface area (Å²) in [4.78, 5) is 19.9. The van der Waals surface area contributed by atoms with Gasteiger partial charge in [0.15, 0.2) is 5.82 Å². The number of aromatic nitrogens is 4. The van der Waals surface area contributed by atoms with Crippen LogP contribution >= 0.6 is 0 Å². The van der Waals surface area contributed by atoms with Gasteiger partial charge >= 0.3 is 6.03 Å². The Balaban J connectivity index is 2.00. The lowest BCUT2D eigenvalue weighted by Gasteiger charge is -2.11. The van der Waals surface area contributed by atoms with Crippen molar-refractivity contribution in [3.8, 4) is 11.4 Å². The molecule has 20 heavy (non-hydrogen) atoms. The average molecular weight is 274 g/mol. The van der Waals surface area contributed by atoms with E-state index in [-0.39, 0.29) is 12.1 Å². The van der Waals surface area contributed by atoms with E-state index in [9.17, 15) is 4.79 Å². The number of nitrogens with one attached hydrogen (secondary N) is 3. The van der Waals surface area contributed by atoms with Gasteiger partial charge in [0.1, 0.15) is 5.82 Å². The number of urea groups is 1. The van der Waals surface area contributed by atoms with Crippen LogP contribution in [0.2, 0.25) is 0 Å². The van der Waals surface area contributed by atoms with E-state index < -0.39 is 0 Å². The van der Waals surface area contributed by atoms with Gasteiger partial charge in [0, 0.05) is 24.5 Å². The van der Waals surface area contributed by atoms with Gasteiger partial charge < -0.3 is 10.6 Å². The highest BCUT2D eigenvalue weighted by molar-refractivity contribution is 5.74. The number of aromatic amines is 1. The summed E-state index contributed by atoms with van der Waals surface area (Å²) in [5.41, 5.74) is 0.880. The third-order valence-corrected chi connectivity index (χ3v) is 2.73. The first-order chi connectivity index (χ1) is 9.70. The minimum absolute atomic E-state index is 0.207. The van der Waals surface area contributed by atoms with Gasteiger partial charge in [-0.2, -0.15) is 5.10 Å². The highest BCUT2D eigenvalue weighted by Crippen LogP contribution is 2.15. The molecule has 0 aliphatic heterocycles. The molecule has 2 rings (SSSR count). The van der Waals surface area contributed by atoms with Crippen LogP contribution in [0.15, 0.2) is 24.5 Å². The molecule has 2 heterocycles. The molecule has 0 saturated carbocycles. The molecule has 0 bridgehead atoms. The first-order valence-corrected chi connectivity index (χ1v) is 6.57. The lowest BCUT2D eigenvalue weighted by atomic mass is 10.2. The maximum absolute atomic E-state index is 11.6. The van der Waals surface area contributed by atoms with Crippen LogP contribution in [0.3, 0.4) is 0 Å². The van der Waals surface area contributed by atoms with Crippen molar-refractivity contribution in [2.24, 2.45) is 0 Å². The molecule has 0 aliphatic carbocycles. The number of carbonyl (C=O) groups is 1. The summed E-state index contributed by atoms with van der Waals surface area (Å²) in [5.74, 6) is 1.20. The van der Waals surface area contributed by atoms with Crippen LogP contribution in [0, 0.1) is 0 Å². The fourth-order valence-corrected chi connectivity index (χ4v) is 1.65. The van der Waals surface area contributed by atoms with E-state index in [1.165, 1.54) is 0 Å². The molecule has 0 spiro atoms. The molecular weight excluding hydrogens is 256 g/mol. The van der Waals surface area contributed by atoms with Crippen molar-refractivity contribution in [2.75, 3.05) is 6.54 Å². The van der Waals surface area contributed by atoms with E-state index in [1.807, 2.05) is 26.0 Å². The monoisotopic (exact) mass is 274 g/mol. The average Bonchev–Trinajstić information content (AvgIpc) is 2.96. The van der Waals surface area contributed by atoms with Crippen molar-refractivity contribution in [2.45, 2.75) is 26.3 Å². The number of carbonyl (C=O) groups excluding carboxylic acids is 1. The maximum Gasteiger partial charge on any atom is 0.315 e. The lowest BCUT2D eigenvalue weighted by molar-refractivity contribution is 0.237. The van der Waals surface area contributed by atoms with Gasteiger partial charge in [-0.3, -0.25) is 10.1 Å². The summed E-state index contributed by atoms with van der Waals surface area (Å²) in [6, 6.07) is 3.22. The number of nitrogens with zero attached hydrogens (tertiary/aromatic N) is 3. The predicted molar refractivity (Wildman–Crippen MR) is 74.9 cm³/mol. The molecule has 0 radical (unpaired) electrons. The Hall–Kier alpha value is -2.44. The van der Waals surface area contributed by atoms with Crippen LogP contribution in [0.5, 0.6) is 0 Å². The summed E-state index contributed by atoms with van der Waals surface area (Å²) in [6.45, 7) is 4.50. The van der Waals surface area contributed by atoms with Crippen LogP contribution in [0.4, 0.5) is 4.79 Å². The second kappa shape index (κ2) is 6.65. The summed E-state index contributed by atoms with van der Waals surface area (Å²) in [7, 11) is 0. The molecule has 0 aromatic carbocycles. The Morgan fingerprint density at radius 3 is 2.85 bits per heavy atom. The second-order valence-electron chi connectivity index (χ2n) is 4.40. The van der Waals surface area contributed by atoms with E-state index >= 15 is 0 Å². The van der Waals surface area contributed by atoms with E-state index in [0.29, 0.717) is 18.2 Å². The van der Waals surface area contributed by atoms with E-state index in [1.54, 1.807) is 12.4 Å². The van der Waals surface area contributed by atoms with Crippen molar-refractivity contribution in [1.82, 2.24) is 30.8 Å².